The molecule has 0 saturated carbocycles. The van der Waals surface area contributed by atoms with Crippen LogP contribution in [0, 0.1) is 21.4 Å². The summed E-state index contributed by atoms with van der Waals surface area (Å²) in [5.74, 6) is 0.688. The molecule has 30 heavy (non-hydrogen) atoms. The van der Waals surface area contributed by atoms with Crippen LogP contribution in [-0.4, -0.2) is 27.8 Å². The highest BCUT2D eigenvalue weighted by Gasteiger charge is 2.16. The summed E-state index contributed by atoms with van der Waals surface area (Å²) in [6.45, 7) is 0. The highest BCUT2D eigenvalue weighted by Crippen LogP contribution is 2.23. The van der Waals surface area contributed by atoms with Gasteiger partial charge in [-0.2, -0.15) is 10.4 Å². The number of nitrogens with zero attached hydrogens (tertiary/aromatic N) is 5. The summed E-state index contributed by atoms with van der Waals surface area (Å²) in [6, 6.07) is 14.7. The lowest BCUT2D eigenvalue weighted by Gasteiger charge is -2.11. The summed E-state index contributed by atoms with van der Waals surface area (Å²) in [5, 5.41) is 24.5. The van der Waals surface area contributed by atoms with Gasteiger partial charge < -0.3 is 4.74 Å². The van der Waals surface area contributed by atoms with Gasteiger partial charge in [-0.05, 0) is 30.3 Å². The van der Waals surface area contributed by atoms with Gasteiger partial charge in [0.2, 0.25) is 5.95 Å². The fourth-order valence-electron chi connectivity index (χ4n) is 2.68. The minimum absolute atomic E-state index is 0.0691. The predicted molar refractivity (Wildman–Crippen MR) is 110 cm³/mol. The van der Waals surface area contributed by atoms with Crippen LogP contribution < -0.4 is 15.7 Å². The minimum atomic E-state index is -0.554. The molecule has 10 heteroatoms. The molecule has 0 aliphatic carbocycles. The quantitative estimate of drug-likeness (QED) is 0.379. The summed E-state index contributed by atoms with van der Waals surface area (Å²) in [6.07, 6.45) is 1.26. The second-order valence-electron chi connectivity index (χ2n) is 6.05. The lowest BCUT2D eigenvalue weighted by atomic mass is 10.1. The summed E-state index contributed by atoms with van der Waals surface area (Å²) in [4.78, 5) is 27.6. The number of methoxy groups -OCH3 is 1. The maximum atomic E-state index is 12.6. The molecule has 1 aromatic heterocycles. The van der Waals surface area contributed by atoms with Crippen molar-refractivity contribution < 1.29 is 9.66 Å². The molecule has 0 fully saturated rings. The van der Waals surface area contributed by atoms with Crippen molar-refractivity contribution in [1.82, 2.24) is 9.55 Å². The number of hydrogen-bond donors (Lipinski definition) is 1. The first-order valence-electron chi connectivity index (χ1n) is 8.64. The van der Waals surface area contributed by atoms with Crippen LogP contribution in [0.25, 0.3) is 11.3 Å². The lowest BCUT2D eigenvalue weighted by Crippen LogP contribution is -2.24. The molecule has 3 aromatic rings. The molecule has 0 amide bonds. The van der Waals surface area contributed by atoms with Crippen molar-refractivity contribution in [2.24, 2.45) is 12.1 Å². The third-order valence-electron chi connectivity index (χ3n) is 4.27. The van der Waals surface area contributed by atoms with Gasteiger partial charge in [0, 0.05) is 18.7 Å². The van der Waals surface area contributed by atoms with Crippen LogP contribution in [0.1, 0.15) is 11.1 Å². The number of benzene rings is 2. The van der Waals surface area contributed by atoms with E-state index in [9.17, 15) is 20.2 Å². The first-order chi connectivity index (χ1) is 14.5. The third-order valence-corrected chi connectivity index (χ3v) is 4.27. The SMILES string of the molecule is COc1ccc(-c2nc(N/N=C/c3ccccc3[N+](=O)[O-])n(C)c(=O)c2C#N)cc1. The van der Waals surface area contributed by atoms with Gasteiger partial charge in [-0.1, -0.05) is 12.1 Å². The van der Waals surface area contributed by atoms with Gasteiger partial charge in [-0.25, -0.2) is 10.4 Å². The monoisotopic (exact) mass is 404 g/mol. The summed E-state index contributed by atoms with van der Waals surface area (Å²) < 4.78 is 6.26. The number of para-hydroxylation sites is 1. The Morgan fingerprint density at radius 2 is 1.97 bits per heavy atom. The van der Waals surface area contributed by atoms with Crippen molar-refractivity contribution in [2.45, 2.75) is 0 Å². The van der Waals surface area contributed by atoms with Gasteiger partial charge in [0.25, 0.3) is 11.2 Å². The minimum Gasteiger partial charge on any atom is -0.497 e. The molecule has 0 unspecified atom stereocenters. The molecule has 0 aliphatic rings. The number of nitro benzene ring substituents is 1. The van der Waals surface area contributed by atoms with Crippen molar-refractivity contribution in [3.8, 4) is 23.1 Å². The van der Waals surface area contributed by atoms with E-state index in [1.165, 1.54) is 32.5 Å². The number of nitriles is 1. The molecule has 0 aliphatic heterocycles. The average Bonchev–Trinajstić information content (AvgIpc) is 2.76. The third kappa shape index (κ3) is 4.00. The van der Waals surface area contributed by atoms with Crippen LogP contribution >= 0.6 is 0 Å². The van der Waals surface area contributed by atoms with Gasteiger partial charge in [0.05, 0.1) is 29.5 Å². The molecular weight excluding hydrogens is 388 g/mol. The number of rotatable bonds is 6. The van der Waals surface area contributed by atoms with E-state index >= 15 is 0 Å². The zero-order chi connectivity index (χ0) is 21.7. The zero-order valence-electron chi connectivity index (χ0n) is 16.1. The maximum absolute atomic E-state index is 12.6. The van der Waals surface area contributed by atoms with E-state index in [-0.39, 0.29) is 28.5 Å². The Balaban J connectivity index is 2.00. The number of anilines is 1. The fourth-order valence-corrected chi connectivity index (χ4v) is 2.68. The van der Waals surface area contributed by atoms with Crippen LogP contribution in [0.3, 0.4) is 0 Å². The summed E-state index contributed by atoms with van der Waals surface area (Å²) in [7, 11) is 2.97. The first kappa shape index (κ1) is 20.2. The van der Waals surface area contributed by atoms with Gasteiger partial charge in [-0.3, -0.25) is 19.5 Å². The van der Waals surface area contributed by atoms with Crippen molar-refractivity contribution >= 4 is 17.9 Å². The Bertz CT molecular complexity index is 1230. The van der Waals surface area contributed by atoms with Crippen molar-refractivity contribution in [2.75, 3.05) is 12.5 Å². The Hall–Kier alpha value is -4.52. The number of ether oxygens (including phenoxy) is 1. The van der Waals surface area contributed by atoms with Crippen LogP contribution in [0.4, 0.5) is 11.6 Å². The van der Waals surface area contributed by atoms with Crippen LogP contribution in [0.15, 0.2) is 58.4 Å². The molecule has 10 nitrogen and oxygen atoms in total. The molecule has 2 aromatic carbocycles. The number of nitrogens with one attached hydrogen (secondary N) is 1. The molecule has 1 heterocycles. The molecule has 3 rings (SSSR count). The van der Waals surface area contributed by atoms with Crippen LogP contribution in [0.2, 0.25) is 0 Å². The van der Waals surface area contributed by atoms with E-state index in [1.807, 2.05) is 6.07 Å². The normalized spacial score (nSPS) is 10.6. The van der Waals surface area contributed by atoms with Crippen LogP contribution in [-0.2, 0) is 7.05 Å². The summed E-state index contributed by atoms with van der Waals surface area (Å²) >= 11 is 0. The average molecular weight is 404 g/mol. The van der Waals surface area contributed by atoms with Crippen molar-refractivity contribution in [3.05, 3.63) is 80.1 Å². The molecule has 0 bridgehead atoms. The van der Waals surface area contributed by atoms with Crippen LogP contribution in [0.5, 0.6) is 5.75 Å². The molecule has 0 radical (unpaired) electrons. The first-order valence-corrected chi connectivity index (χ1v) is 8.64. The molecule has 0 spiro atoms. The Morgan fingerprint density at radius 1 is 1.27 bits per heavy atom. The number of hydrazone groups is 1. The zero-order valence-corrected chi connectivity index (χ0v) is 16.1. The van der Waals surface area contributed by atoms with Gasteiger partial charge in [0.1, 0.15) is 17.4 Å². The molecule has 0 atom stereocenters. The second kappa shape index (κ2) is 8.66. The van der Waals surface area contributed by atoms with E-state index in [0.717, 1.165) is 4.57 Å². The largest absolute Gasteiger partial charge is 0.497 e. The van der Waals surface area contributed by atoms with E-state index in [2.05, 4.69) is 15.5 Å². The Kier molecular flexibility index (Phi) is 5.84. The summed E-state index contributed by atoms with van der Waals surface area (Å²) in [5.41, 5.74) is 2.86. The highest BCUT2D eigenvalue weighted by molar-refractivity contribution is 5.85. The standard InChI is InChI=1S/C20H16N6O4/c1-25-19(27)16(11-21)18(13-7-9-15(30-2)10-8-13)23-20(25)24-22-12-14-5-3-4-6-17(14)26(28)29/h3-10,12H,1-2H3,(H,23,24)/b22-12+. The topological polar surface area (TPSA) is 135 Å². The van der Waals surface area contributed by atoms with E-state index in [0.29, 0.717) is 11.3 Å². The van der Waals surface area contributed by atoms with Gasteiger partial charge >= 0.3 is 0 Å². The molecule has 1 N–H and O–H groups in total. The van der Waals surface area contributed by atoms with Gasteiger partial charge in [-0.15, -0.1) is 0 Å². The van der Waals surface area contributed by atoms with E-state index in [1.54, 1.807) is 36.4 Å². The predicted octanol–water partition coefficient (Wildman–Crippen LogP) is 2.68. The molecule has 0 saturated heterocycles. The number of hydrogen-bond acceptors (Lipinski definition) is 8. The van der Waals surface area contributed by atoms with Gasteiger partial charge in [0.15, 0.2) is 0 Å². The van der Waals surface area contributed by atoms with Crippen molar-refractivity contribution in [3.63, 3.8) is 0 Å². The molecule has 150 valence electrons. The Morgan fingerprint density at radius 3 is 2.60 bits per heavy atom. The Labute approximate surface area is 170 Å². The number of nitro groups is 1. The molecular formula is C20H16N6O4. The smallest absolute Gasteiger partial charge is 0.278 e. The van der Waals surface area contributed by atoms with E-state index in [4.69, 9.17) is 4.74 Å². The number of aromatic nitrogens is 2. The fraction of sp³-hybridized carbons (Fsp3) is 0.100. The van der Waals surface area contributed by atoms with E-state index < -0.39 is 10.5 Å². The van der Waals surface area contributed by atoms with Crippen molar-refractivity contribution in [1.29, 1.82) is 5.26 Å². The lowest BCUT2D eigenvalue weighted by molar-refractivity contribution is -0.385. The highest BCUT2D eigenvalue weighted by atomic mass is 16.6. The maximum Gasteiger partial charge on any atom is 0.278 e. The second-order valence-corrected chi connectivity index (χ2v) is 6.05.